The number of nitrogens with two attached hydrogens (primary N) is 1. The maximum atomic E-state index is 13.8. The molecule has 0 saturated carbocycles. The Labute approximate surface area is 202 Å². The second-order valence-electron chi connectivity index (χ2n) is 9.81. The molecule has 1 aromatic rings. The van der Waals surface area contributed by atoms with Crippen LogP contribution in [0.4, 0.5) is 10.5 Å². The van der Waals surface area contributed by atoms with Crippen LogP contribution in [0.15, 0.2) is 23.2 Å². The Balaban J connectivity index is 2.15. The van der Waals surface area contributed by atoms with E-state index < -0.39 is 32.5 Å². The fourth-order valence-electron chi connectivity index (χ4n) is 4.41. The Kier molecular flexibility index (Phi) is 7.49. The van der Waals surface area contributed by atoms with Crippen LogP contribution >= 0.6 is 0 Å². The summed E-state index contributed by atoms with van der Waals surface area (Å²) in [7, 11) is -0.928. The summed E-state index contributed by atoms with van der Waals surface area (Å²) in [6.07, 6.45) is 1.10. The third-order valence-corrected chi connectivity index (χ3v) is 8.42. The van der Waals surface area contributed by atoms with Gasteiger partial charge in [0.2, 0.25) is 16.0 Å². The summed E-state index contributed by atoms with van der Waals surface area (Å²) >= 11 is 0. The van der Waals surface area contributed by atoms with Crippen LogP contribution in [-0.4, -0.2) is 74.6 Å². The molecule has 34 heavy (non-hydrogen) atoms. The van der Waals surface area contributed by atoms with Gasteiger partial charge in [-0.15, -0.1) is 0 Å². The van der Waals surface area contributed by atoms with Crippen LogP contribution in [0.3, 0.4) is 0 Å². The van der Waals surface area contributed by atoms with E-state index in [0.717, 1.165) is 26.8 Å². The first-order chi connectivity index (χ1) is 15.8. The molecular weight excluding hydrogens is 460 g/mol. The highest BCUT2D eigenvalue weighted by Crippen LogP contribution is 2.45. The zero-order valence-corrected chi connectivity index (χ0v) is 21.6. The molecule has 0 bridgehead atoms. The van der Waals surface area contributed by atoms with E-state index in [9.17, 15) is 13.2 Å². The highest BCUT2D eigenvalue weighted by atomic mass is 32.2. The van der Waals surface area contributed by atoms with Crippen LogP contribution in [0.1, 0.15) is 51.7 Å². The Hall–Kier alpha value is -2.37. The number of guanidine groups is 1. The molecule has 2 aliphatic rings. The summed E-state index contributed by atoms with van der Waals surface area (Å²) in [6.45, 7) is 7.28. The molecule has 1 aliphatic heterocycles. The maximum Gasteiger partial charge on any atom is 0.419 e. The Morgan fingerprint density at radius 2 is 2.03 bits per heavy atom. The molecule has 0 spiro atoms. The number of carbonyl (C=O) groups excluding carboxylic acids is 1. The lowest BCUT2D eigenvalue weighted by molar-refractivity contribution is -0.00422. The molecule has 3 rings (SSSR count). The molecule has 1 aromatic carbocycles. The highest BCUT2D eigenvalue weighted by Gasteiger charge is 2.53. The number of ether oxygens (including phenoxy) is 3. The summed E-state index contributed by atoms with van der Waals surface area (Å²) in [4.78, 5) is 19.2. The van der Waals surface area contributed by atoms with Crippen LogP contribution < -0.4 is 5.73 Å². The SMILES string of the molecule is COCCOCN(C(=O)OC(C)(C)C)C1=N[C@]2(C)c3cc(N)ccc3CCC[C@@H]2S(=O)(=O)N1C. The molecule has 11 heteroatoms. The van der Waals surface area contributed by atoms with Crippen molar-refractivity contribution in [2.45, 2.75) is 63.3 Å². The van der Waals surface area contributed by atoms with Gasteiger partial charge in [-0.2, -0.15) is 0 Å². The van der Waals surface area contributed by atoms with E-state index in [1.807, 2.05) is 12.1 Å². The fraction of sp³-hybridized carbons (Fsp3) is 0.652. The number of fused-ring (bicyclic) bond motifs is 3. The quantitative estimate of drug-likeness (QED) is 0.378. The van der Waals surface area contributed by atoms with Crippen LogP contribution in [0, 0.1) is 0 Å². The van der Waals surface area contributed by atoms with E-state index in [1.54, 1.807) is 33.8 Å². The van der Waals surface area contributed by atoms with Crippen LogP contribution in [0.25, 0.3) is 0 Å². The number of nitrogens with zero attached hydrogens (tertiary/aromatic N) is 3. The lowest BCUT2D eigenvalue weighted by atomic mass is 9.86. The van der Waals surface area contributed by atoms with Gasteiger partial charge >= 0.3 is 6.09 Å². The number of benzene rings is 1. The van der Waals surface area contributed by atoms with Crippen LogP contribution in [-0.2, 0) is 36.2 Å². The molecule has 190 valence electrons. The van der Waals surface area contributed by atoms with E-state index >= 15 is 0 Å². The van der Waals surface area contributed by atoms with Gasteiger partial charge in [-0.1, -0.05) is 6.07 Å². The van der Waals surface area contributed by atoms with Crippen LogP contribution in [0.5, 0.6) is 0 Å². The first-order valence-electron chi connectivity index (χ1n) is 11.3. The lowest BCUT2D eigenvalue weighted by Gasteiger charge is -2.44. The summed E-state index contributed by atoms with van der Waals surface area (Å²) in [6, 6.07) is 5.54. The Morgan fingerprint density at radius 1 is 1.32 bits per heavy atom. The Bertz CT molecular complexity index is 1050. The maximum absolute atomic E-state index is 13.8. The van der Waals surface area contributed by atoms with Crippen LogP contribution in [0.2, 0.25) is 0 Å². The molecule has 0 unspecified atom stereocenters. The number of amides is 1. The molecule has 1 aliphatic carbocycles. The second kappa shape index (κ2) is 9.71. The predicted molar refractivity (Wildman–Crippen MR) is 130 cm³/mol. The molecule has 2 N–H and O–H groups in total. The number of rotatable bonds is 5. The van der Waals surface area contributed by atoms with E-state index in [4.69, 9.17) is 24.9 Å². The largest absolute Gasteiger partial charge is 0.443 e. The number of carbonyl (C=O) groups is 1. The second-order valence-corrected chi connectivity index (χ2v) is 12.0. The average Bonchev–Trinajstić information content (AvgIpc) is 2.87. The monoisotopic (exact) mass is 496 g/mol. The minimum atomic E-state index is -3.87. The van der Waals surface area contributed by atoms with E-state index in [-0.39, 0.29) is 19.3 Å². The van der Waals surface area contributed by atoms with Gasteiger partial charge in [0.25, 0.3) is 0 Å². The van der Waals surface area contributed by atoms with E-state index in [2.05, 4.69) is 0 Å². The Morgan fingerprint density at radius 3 is 2.68 bits per heavy atom. The minimum absolute atomic E-state index is 0.0549. The van der Waals surface area contributed by atoms with Gasteiger partial charge in [0.05, 0.1) is 13.2 Å². The molecule has 2 atom stereocenters. The number of aryl methyl sites for hydroxylation is 1. The topological polar surface area (TPSA) is 124 Å². The van der Waals surface area contributed by atoms with E-state index in [1.165, 1.54) is 14.2 Å². The van der Waals surface area contributed by atoms with Crippen molar-refractivity contribution in [3.63, 3.8) is 0 Å². The van der Waals surface area contributed by atoms with Gasteiger partial charge in [-0.05, 0) is 70.2 Å². The zero-order valence-electron chi connectivity index (χ0n) is 20.8. The number of nitrogen functional groups attached to an aromatic ring is 1. The number of methoxy groups -OCH3 is 1. The number of aliphatic imine (C=N–C) groups is 1. The van der Waals surface area contributed by atoms with Gasteiger partial charge in [-0.25, -0.2) is 27.4 Å². The molecule has 0 saturated heterocycles. The number of hydrogen-bond acceptors (Lipinski definition) is 8. The first-order valence-corrected chi connectivity index (χ1v) is 12.9. The van der Waals surface area contributed by atoms with Crippen molar-refractivity contribution in [3.8, 4) is 0 Å². The standard InChI is InChI=1S/C23H36N4O6S/c1-22(2,3)33-21(28)27(15-32-13-12-31-6)20-25-23(4)18-14-17(24)11-10-16(18)8-7-9-19(23)34(29,30)26(20)5/h10-11,14,19H,7-9,12-13,15,24H2,1-6H3/t19-,23+/m0/s1. The van der Waals surface area contributed by atoms with Crippen molar-refractivity contribution in [1.82, 2.24) is 9.21 Å². The van der Waals surface area contributed by atoms with Crippen molar-refractivity contribution >= 4 is 27.8 Å². The van der Waals surface area contributed by atoms with Crippen molar-refractivity contribution in [2.24, 2.45) is 4.99 Å². The molecule has 0 aromatic heterocycles. The van der Waals surface area contributed by atoms with Gasteiger partial charge in [0.15, 0.2) is 0 Å². The molecule has 10 nitrogen and oxygen atoms in total. The normalized spacial score (nSPS) is 23.9. The number of sulfonamides is 1. The average molecular weight is 497 g/mol. The number of anilines is 1. The fourth-order valence-corrected chi connectivity index (χ4v) is 6.38. The molecular formula is C23H36N4O6S. The van der Waals surface area contributed by atoms with Gasteiger partial charge in [0, 0.05) is 19.8 Å². The molecule has 1 heterocycles. The third kappa shape index (κ3) is 5.16. The van der Waals surface area contributed by atoms with Gasteiger partial charge in [-0.3, -0.25) is 0 Å². The van der Waals surface area contributed by atoms with Gasteiger partial charge < -0.3 is 19.9 Å². The summed E-state index contributed by atoms with van der Waals surface area (Å²) in [5.41, 5.74) is 6.43. The smallest absolute Gasteiger partial charge is 0.419 e. The van der Waals surface area contributed by atoms with Crippen molar-refractivity contribution in [3.05, 3.63) is 29.3 Å². The van der Waals surface area contributed by atoms with Crippen molar-refractivity contribution in [2.75, 3.05) is 39.8 Å². The van der Waals surface area contributed by atoms with Crippen molar-refractivity contribution < 1.29 is 27.4 Å². The number of hydrogen-bond donors (Lipinski definition) is 1. The summed E-state index contributed by atoms with van der Waals surface area (Å²) in [5.74, 6) is -0.0549. The summed E-state index contributed by atoms with van der Waals surface area (Å²) < 4.78 is 44.8. The van der Waals surface area contributed by atoms with E-state index in [0.29, 0.717) is 25.1 Å². The highest BCUT2D eigenvalue weighted by molar-refractivity contribution is 7.90. The van der Waals surface area contributed by atoms with Gasteiger partial charge in [0.1, 0.15) is 23.1 Å². The first kappa shape index (κ1) is 26.2. The minimum Gasteiger partial charge on any atom is -0.443 e. The molecule has 0 radical (unpaired) electrons. The lowest BCUT2D eigenvalue weighted by Crippen LogP contribution is -2.59. The third-order valence-electron chi connectivity index (χ3n) is 6.08. The molecule has 1 amide bonds. The summed E-state index contributed by atoms with van der Waals surface area (Å²) in [5, 5.41) is -0.799. The zero-order chi connectivity index (χ0) is 25.3. The molecule has 0 fully saturated rings. The van der Waals surface area contributed by atoms with Crippen molar-refractivity contribution in [1.29, 1.82) is 0 Å². The predicted octanol–water partition coefficient (Wildman–Crippen LogP) is 2.68.